The molecule has 29 heavy (non-hydrogen) atoms. The zero-order chi connectivity index (χ0) is 19.9. The van der Waals surface area contributed by atoms with E-state index in [0.717, 1.165) is 34.8 Å². The molecule has 1 aromatic carbocycles. The largest absolute Gasteiger partial charge is 0.331 e. The zero-order valence-corrected chi connectivity index (χ0v) is 16.3. The summed E-state index contributed by atoms with van der Waals surface area (Å²) in [5, 5.41) is 12.1. The van der Waals surface area contributed by atoms with Crippen LogP contribution in [0.4, 0.5) is 5.69 Å². The number of aromatic nitrogens is 2. The van der Waals surface area contributed by atoms with Crippen molar-refractivity contribution >= 4 is 34.9 Å². The van der Waals surface area contributed by atoms with E-state index >= 15 is 0 Å². The van der Waals surface area contributed by atoms with Gasteiger partial charge in [0.25, 0.3) is 0 Å². The highest BCUT2D eigenvalue weighted by Crippen LogP contribution is 2.23. The highest BCUT2D eigenvalue weighted by atomic mass is 32.1. The van der Waals surface area contributed by atoms with Crippen LogP contribution >= 0.6 is 12.2 Å². The number of anilines is 1. The van der Waals surface area contributed by atoms with Gasteiger partial charge in [0.2, 0.25) is 0 Å². The van der Waals surface area contributed by atoms with Crippen molar-refractivity contribution in [2.75, 3.05) is 5.32 Å². The average molecular weight is 401 g/mol. The van der Waals surface area contributed by atoms with E-state index < -0.39 is 0 Å². The van der Waals surface area contributed by atoms with E-state index in [1.54, 1.807) is 18.6 Å². The highest BCUT2D eigenvalue weighted by molar-refractivity contribution is 7.80. The van der Waals surface area contributed by atoms with Crippen LogP contribution in [0.15, 0.2) is 83.3 Å². The molecule has 7 nitrogen and oxygen atoms in total. The van der Waals surface area contributed by atoms with E-state index in [2.05, 4.69) is 36.3 Å². The van der Waals surface area contributed by atoms with Gasteiger partial charge in [0, 0.05) is 24.5 Å². The van der Waals surface area contributed by atoms with Gasteiger partial charge in [-0.25, -0.2) is 0 Å². The lowest BCUT2D eigenvalue weighted by molar-refractivity contribution is 0.603. The Morgan fingerprint density at radius 2 is 1.83 bits per heavy atom. The van der Waals surface area contributed by atoms with Crippen LogP contribution in [0.3, 0.4) is 0 Å². The third kappa shape index (κ3) is 4.99. The summed E-state index contributed by atoms with van der Waals surface area (Å²) in [5.41, 5.74) is 10.6. The number of rotatable bonds is 5. The fourth-order valence-corrected chi connectivity index (χ4v) is 3.06. The van der Waals surface area contributed by atoms with Crippen molar-refractivity contribution in [3.8, 4) is 0 Å². The number of hydrazone groups is 2. The maximum Gasteiger partial charge on any atom is 0.191 e. The molecule has 1 atom stereocenters. The molecule has 0 aliphatic carbocycles. The van der Waals surface area contributed by atoms with E-state index in [9.17, 15) is 0 Å². The Bertz CT molecular complexity index is 1020. The molecule has 0 amide bonds. The third-order valence-electron chi connectivity index (χ3n) is 4.32. The molecule has 0 fully saturated rings. The molecule has 4 rings (SSSR count). The van der Waals surface area contributed by atoms with Crippen molar-refractivity contribution in [1.82, 2.24) is 20.8 Å². The summed E-state index contributed by atoms with van der Waals surface area (Å²) in [7, 11) is 0. The topological polar surface area (TPSA) is 86.6 Å². The molecule has 3 heterocycles. The van der Waals surface area contributed by atoms with E-state index in [4.69, 9.17) is 12.2 Å². The Kier molecular flexibility index (Phi) is 5.82. The van der Waals surface area contributed by atoms with Crippen LogP contribution in [0.2, 0.25) is 0 Å². The van der Waals surface area contributed by atoms with Crippen molar-refractivity contribution < 1.29 is 0 Å². The first-order valence-corrected chi connectivity index (χ1v) is 9.53. The van der Waals surface area contributed by atoms with Gasteiger partial charge in [0.05, 0.1) is 29.4 Å². The van der Waals surface area contributed by atoms with Crippen LogP contribution in [0.25, 0.3) is 0 Å². The average Bonchev–Trinajstić information content (AvgIpc) is 3.26. The van der Waals surface area contributed by atoms with Crippen molar-refractivity contribution in [2.45, 2.75) is 12.5 Å². The first kappa shape index (κ1) is 18.7. The minimum Gasteiger partial charge on any atom is -0.331 e. The second-order valence-electron chi connectivity index (χ2n) is 6.35. The smallest absolute Gasteiger partial charge is 0.191 e. The van der Waals surface area contributed by atoms with Crippen LogP contribution < -0.4 is 16.2 Å². The van der Waals surface area contributed by atoms with Crippen LogP contribution in [0.1, 0.15) is 29.4 Å². The molecule has 1 aliphatic rings. The molecule has 2 aromatic heterocycles. The first-order valence-electron chi connectivity index (χ1n) is 9.12. The van der Waals surface area contributed by atoms with Gasteiger partial charge in [-0.2, -0.15) is 10.2 Å². The third-order valence-corrected chi connectivity index (χ3v) is 4.52. The predicted molar refractivity (Wildman–Crippen MR) is 119 cm³/mol. The van der Waals surface area contributed by atoms with Gasteiger partial charge in [-0.1, -0.05) is 24.3 Å². The summed E-state index contributed by atoms with van der Waals surface area (Å²) in [6.07, 6.45) is 5.92. The fraction of sp³-hybridized carbons (Fsp3) is 0.0952. The molecule has 1 aliphatic heterocycles. The van der Waals surface area contributed by atoms with Gasteiger partial charge < -0.3 is 10.7 Å². The standard InChI is InChI=1S/C21H19N7S/c29-21(28-24-14-17-5-1-3-11-22-17)25-16-9-7-15(8-10-16)19-13-20(27-26-19)18-6-2-4-12-23-18/h1-12,14,20,27H,13H2,(H2,25,28,29). The van der Waals surface area contributed by atoms with Crippen molar-refractivity contribution in [2.24, 2.45) is 10.2 Å². The summed E-state index contributed by atoms with van der Waals surface area (Å²) in [5.74, 6) is 0. The monoisotopic (exact) mass is 401 g/mol. The van der Waals surface area contributed by atoms with Gasteiger partial charge in [0.1, 0.15) is 0 Å². The summed E-state index contributed by atoms with van der Waals surface area (Å²) < 4.78 is 0. The lowest BCUT2D eigenvalue weighted by atomic mass is 10.0. The molecule has 0 radical (unpaired) electrons. The Labute approximate surface area is 174 Å². The van der Waals surface area contributed by atoms with Crippen LogP contribution in [-0.4, -0.2) is 27.0 Å². The lowest BCUT2D eigenvalue weighted by Crippen LogP contribution is -2.23. The maximum atomic E-state index is 5.26. The lowest BCUT2D eigenvalue weighted by Gasteiger charge is -2.09. The van der Waals surface area contributed by atoms with E-state index in [1.165, 1.54) is 0 Å². The normalized spacial score (nSPS) is 15.6. The molecule has 3 aromatic rings. The van der Waals surface area contributed by atoms with Crippen LogP contribution in [-0.2, 0) is 0 Å². The van der Waals surface area contributed by atoms with Gasteiger partial charge in [-0.3, -0.25) is 15.4 Å². The second-order valence-corrected chi connectivity index (χ2v) is 6.76. The van der Waals surface area contributed by atoms with E-state index in [1.807, 2.05) is 60.7 Å². The Balaban J connectivity index is 1.30. The van der Waals surface area contributed by atoms with E-state index in [-0.39, 0.29) is 6.04 Å². The summed E-state index contributed by atoms with van der Waals surface area (Å²) >= 11 is 5.26. The van der Waals surface area contributed by atoms with E-state index in [0.29, 0.717) is 5.11 Å². The van der Waals surface area contributed by atoms with Gasteiger partial charge in [0.15, 0.2) is 5.11 Å². The number of pyridine rings is 2. The zero-order valence-electron chi connectivity index (χ0n) is 15.5. The fourth-order valence-electron chi connectivity index (χ4n) is 2.89. The maximum absolute atomic E-state index is 5.26. The number of nitrogens with zero attached hydrogens (tertiary/aromatic N) is 4. The number of thiocarbonyl (C=S) groups is 1. The minimum atomic E-state index is 0.109. The quantitative estimate of drug-likeness (QED) is 0.346. The molecule has 1 unspecified atom stereocenters. The second kappa shape index (κ2) is 9.03. The molecular formula is C21H19N7S. The highest BCUT2D eigenvalue weighted by Gasteiger charge is 2.21. The van der Waals surface area contributed by atoms with Gasteiger partial charge in [-0.05, 0) is 54.2 Å². The molecule has 0 spiro atoms. The minimum absolute atomic E-state index is 0.109. The van der Waals surface area contributed by atoms with Crippen molar-refractivity contribution in [3.05, 3.63) is 90.0 Å². The molecular weight excluding hydrogens is 382 g/mol. The van der Waals surface area contributed by atoms with Gasteiger partial charge >= 0.3 is 0 Å². The number of hydrogen-bond acceptors (Lipinski definition) is 6. The van der Waals surface area contributed by atoms with Crippen molar-refractivity contribution in [3.63, 3.8) is 0 Å². The molecule has 0 saturated carbocycles. The Hall–Kier alpha value is -3.65. The molecule has 0 bridgehead atoms. The SMILES string of the molecule is S=C(NN=Cc1ccccn1)Nc1ccc(C2=NNC(c3ccccn3)C2)cc1. The van der Waals surface area contributed by atoms with Gasteiger partial charge in [-0.15, -0.1) is 0 Å². The van der Waals surface area contributed by atoms with Crippen LogP contribution in [0.5, 0.6) is 0 Å². The first-order chi connectivity index (χ1) is 14.3. The summed E-state index contributed by atoms with van der Waals surface area (Å²) in [6.45, 7) is 0. The molecule has 3 N–H and O–H groups in total. The summed E-state index contributed by atoms with van der Waals surface area (Å²) in [4.78, 5) is 8.56. The predicted octanol–water partition coefficient (Wildman–Crippen LogP) is 3.24. The molecule has 0 saturated heterocycles. The van der Waals surface area contributed by atoms with Crippen molar-refractivity contribution in [1.29, 1.82) is 0 Å². The molecule has 8 heteroatoms. The van der Waals surface area contributed by atoms with Crippen LogP contribution in [0, 0.1) is 0 Å². The number of benzene rings is 1. The Morgan fingerprint density at radius 1 is 1.03 bits per heavy atom. The number of hydrogen-bond donors (Lipinski definition) is 3. The molecule has 144 valence electrons. The Morgan fingerprint density at radius 3 is 2.55 bits per heavy atom. The number of nitrogens with one attached hydrogen (secondary N) is 3. The summed E-state index contributed by atoms with van der Waals surface area (Å²) in [6, 6.07) is 19.6.